The molecule has 0 fully saturated rings. The maximum Gasteiger partial charge on any atom is 0.240 e. The van der Waals surface area contributed by atoms with Gasteiger partial charge in [0, 0.05) is 43.2 Å². The summed E-state index contributed by atoms with van der Waals surface area (Å²) in [5, 5.41) is 5.54. The Balaban J connectivity index is 1.32. The van der Waals surface area contributed by atoms with Crippen molar-refractivity contribution < 1.29 is 27.5 Å². The zero-order valence-electron chi connectivity index (χ0n) is 16.8. The summed E-state index contributed by atoms with van der Waals surface area (Å²) in [6, 6.07) is 9.70. The van der Waals surface area contributed by atoms with Crippen LogP contribution in [0.1, 0.15) is 24.8 Å². The lowest BCUT2D eigenvalue weighted by molar-refractivity contribution is -0.117. The molecule has 2 aliphatic heterocycles. The number of hydrogen-bond acceptors (Lipinski definition) is 6. The summed E-state index contributed by atoms with van der Waals surface area (Å²) >= 11 is 0. The van der Waals surface area contributed by atoms with Crippen LogP contribution in [0.4, 0.5) is 11.4 Å². The van der Waals surface area contributed by atoms with E-state index in [9.17, 15) is 18.0 Å². The quantitative estimate of drug-likeness (QED) is 0.625. The minimum atomic E-state index is -3.80. The van der Waals surface area contributed by atoms with Gasteiger partial charge in [-0.05, 0) is 42.3 Å². The second kappa shape index (κ2) is 8.94. The van der Waals surface area contributed by atoms with Crippen molar-refractivity contribution >= 4 is 33.2 Å². The topological polar surface area (TPSA) is 123 Å². The van der Waals surface area contributed by atoms with Crippen LogP contribution in [0.25, 0.3) is 0 Å². The molecule has 2 amide bonds. The number of carbonyl (C=O) groups is 2. The molecule has 2 aliphatic rings. The van der Waals surface area contributed by atoms with Crippen molar-refractivity contribution in [1.29, 1.82) is 0 Å². The molecule has 2 heterocycles. The molecule has 3 N–H and O–H groups in total. The van der Waals surface area contributed by atoms with E-state index in [2.05, 4.69) is 15.4 Å². The van der Waals surface area contributed by atoms with Gasteiger partial charge in [0.25, 0.3) is 0 Å². The van der Waals surface area contributed by atoms with E-state index >= 15 is 0 Å². The predicted molar refractivity (Wildman–Crippen MR) is 114 cm³/mol. The van der Waals surface area contributed by atoms with E-state index in [0.29, 0.717) is 43.2 Å². The van der Waals surface area contributed by atoms with E-state index in [1.807, 2.05) is 6.07 Å². The van der Waals surface area contributed by atoms with Gasteiger partial charge in [0.2, 0.25) is 21.8 Å². The summed E-state index contributed by atoms with van der Waals surface area (Å²) in [6.45, 7) is 0.925. The molecule has 9 nitrogen and oxygen atoms in total. The van der Waals surface area contributed by atoms with Crippen LogP contribution in [-0.4, -0.2) is 40.0 Å². The second-order valence-electron chi connectivity index (χ2n) is 7.28. The molecule has 0 spiro atoms. The molecule has 0 saturated carbocycles. The minimum Gasteiger partial charge on any atom is -0.490 e. The van der Waals surface area contributed by atoms with Crippen LogP contribution < -0.4 is 24.8 Å². The number of rotatable bonds is 6. The average molecular weight is 445 g/mol. The molecular weight excluding hydrogens is 422 g/mol. The Morgan fingerprint density at radius 3 is 2.68 bits per heavy atom. The normalized spacial score (nSPS) is 15.4. The first-order valence-corrected chi connectivity index (χ1v) is 11.5. The molecular formula is C21H23N3O6S. The van der Waals surface area contributed by atoms with Crippen LogP contribution in [0.3, 0.4) is 0 Å². The van der Waals surface area contributed by atoms with Gasteiger partial charge in [-0.2, -0.15) is 0 Å². The van der Waals surface area contributed by atoms with E-state index in [4.69, 9.17) is 9.47 Å². The number of benzene rings is 2. The number of aryl methyl sites for hydroxylation is 1. The summed E-state index contributed by atoms with van der Waals surface area (Å²) in [4.78, 5) is 23.7. The zero-order valence-corrected chi connectivity index (χ0v) is 17.6. The molecule has 0 atom stereocenters. The summed E-state index contributed by atoms with van der Waals surface area (Å²) in [5.41, 5.74) is 2.30. The van der Waals surface area contributed by atoms with Gasteiger partial charge >= 0.3 is 0 Å². The molecule has 0 unspecified atom stereocenters. The van der Waals surface area contributed by atoms with E-state index < -0.39 is 10.0 Å². The largest absolute Gasteiger partial charge is 0.490 e. The summed E-state index contributed by atoms with van der Waals surface area (Å²) in [6.07, 6.45) is 1.72. The van der Waals surface area contributed by atoms with Gasteiger partial charge in [0.05, 0.1) is 18.1 Å². The van der Waals surface area contributed by atoms with Crippen LogP contribution >= 0.6 is 0 Å². The third kappa shape index (κ3) is 5.15. The van der Waals surface area contributed by atoms with Gasteiger partial charge in [-0.15, -0.1) is 0 Å². The molecule has 2 aromatic carbocycles. The fraction of sp³-hybridized carbons (Fsp3) is 0.333. The van der Waals surface area contributed by atoms with Gasteiger partial charge in [0.15, 0.2) is 11.5 Å². The highest BCUT2D eigenvalue weighted by molar-refractivity contribution is 7.89. The third-order valence-corrected chi connectivity index (χ3v) is 6.42. The Labute approximate surface area is 180 Å². The Kier molecular flexibility index (Phi) is 6.10. The minimum absolute atomic E-state index is 0.0230. The lowest BCUT2D eigenvalue weighted by atomic mass is 10.0. The highest BCUT2D eigenvalue weighted by atomic mass is 32.2. The smallest absolute Gasteiger partial charge is 0.240 e. The molecule has 0 bridgehead atoms. The molecule has 10 heteroatoms. The van der Waals surface area contributed by atoms with Crippen LogP contribution in [0.5, 0.6) is 11.5 Å². The van der Waals surface area contributed by atoms with Gasteiger partial charge < -0.3 is 20.1 Å². The molecule has 31 heavy (non-hydrogen) atoms. The molecule has 0 aliphatic carbocycles. The van der Waals surface area contributed by atoms with Crippen molar-refractivity contribution in [3.8, 4) is 11.5 Å². The molecule has 0 radical (unpaired) electrons. The summed E-state index contributed by atoms with van der Waals surface area (Å²) in [5.74, 6) is 0.563. The monoisotopic (exact) mass is 445 g/mol. The Hall–Kier alpha value is -3.11. The lowest BCUT2D eigenvalue weighted by Crippen LogP contribution is -2.28. The molecule has 164 valence electrons. The lowest BCUT2D eigenvalue weighted by Gasteiger charge is -2.17. The highest BCUT2D eigenvalue weighted by Gasteiger charge is 2.19. The van der Waals surface area contributed by atoms with E-state index in [0.717, 1.165) is 17.7 Å². The fourth-order valence-corrected chi connectivity index (χ4v) is 4.42. The highest BCUT2D eigenvalue weighted by Crippen LogP contribution is 2.32. The Morgan fingerprint density at radius 1 is 1.03 bits per heavy atom. The van der Waals surface area contributed by atoms with Crippen LogP contribution in [-0.2, 0) is 26.0 Å². The number of fused-ring (bicyclic) bond motifs is 2. The van der Waals surface area contributed by atoms with Crippen molar-refractivity contribution in [2.75, 3.05) is 30.4 Å². The number of amides is 2. The maximum atomic E-state index is 12.6. The van der Waals surface area contributed by atoms with Crippen LogP contribution in [0.15, 0.2) is 41.3 Å². The van der Waals surface area contributed by atoms with Crippen molar-refractivity contribution in [3.05, 3.63) is 42.0 Å². The maximum absolute atomic E-state index is 12.6. The van der Waals surface area contributed by atoms with E-state index in [1.54, 1.807) is 18.2 Å². The Morgan fingerprint density at radius 2 is 1.84 bits per heavy atom. The number of carbonyl (C=O) groups excluding carboxylic acids is 2. The number of nitrogens with one attached hydrogen (secondary N) is 3. The Bertz CT molecular complexity index is 1120. The predicted octanol–water partition coefficient (Wildman–Crippen LogP) is 2.04. The molecule has 0 saturated heterocycles. The fourth-order valence-electron chi connectivity index (χ4n) is 3.38. The van der Waals surface area contributed by atoms with Gasteiger partial charge in [0.1, 0.15) is 0 Å². The number of anilines is 2. The van der Waals surface area contributed by atoms with Crippen molar-refractivity contribution in [2.24, 2.45) is 0 Å². The van der Waals surface area contributed by atoms with Gasteiger partial charge in [-0.1, -0.05) is 0 Å². The van der Waals surface area contributed by atoms with Crippen LogP contribution in [0.2, 0.25) is 0 Å². The molecule has 4 rings (SSSR count). The van der Waals surface area contributed by atoms with Crippen molar-refractivity contribution in [2.45, 2.75) is 30.6 Å². The first-order valence-electron chi connectivity index (χ1n) is 10.0. The van der Waals surface area contributed by atoms with Crippen LogP contribution in [0, 0.1) is 0 Å². The van der Waals surface area contributed by atoms with E-state index in [1.165, 1.54) is 12.1 Å². The first-order chi connectivity index (χ1) is 14.9. The van der Waals surface area contributed by atoms with E-state index in [-0.39, 0.29) is 29.7 Å². The van der Waals surface area contributed by atoms with Crippen molar-refractivity contribution in [1.82, 2.24) is 4.72 Å². The van der Waals surface area contributed by atoms with Crippen molar-refractivity contribution in [3.63, 3.8) is 0 Å². The van der Waals surface area contributed by atoms with Gasteiger partial charge in [-0.3, -0.25) is 9.59 Å². The first kappa shape index (κ1) is 21.1. The molecule has 2 aromatic rings. The molecule has 0 aromatic heterocycles. The van der Waals surface area contributed by atoms with Gasteiger partial charge in [-0.25, -0.2) is 13.1 Å². The standard InChI is InChI=1S/C21H23N3O6S/c25-20-7-2-14-12-15(3-5-17(14)24-20)23-21(26)8-9-22-31(27,28)16-4-6-18-19(13-16)30-11-1-10-29-18/h3-6,12-13,22H,1-2,7-11H2,(H,23,26)(H,24,25). The third-order valence-electron chi connectivity index (χ3n) is 4.96. The SMILES string of the molecule is O=C(CCNS(=O)(=O)c1ccc2c(c1)OCCCO2)Nc1ccc2c(c1)CCC(=O)N2. The summed E-state index contributed by atoms with van der Waals surface area (Å²) in [7, 11) is -3.80. The number of sulfonamides is 1. The number of hydrogen-bond donors (Lipinski definition) is 3. The average Bonchev–Trinajstić information content (AvgIpc) is 2.98. The summed E-state index contributed by atoms with van der Waals surface area (Å²) < 4.78 is 38.6. The zero-order chi connectivity index (χ0) is 21.8. The second-order valence-corrected chi connectivity index (χ2v) is 9.04. The number of ether oxygens (including phenoxy) is 2.